The number of nitriles is 1. The van der Waals surface area contributed by atoms with Crippen LogP contribution < -0.4 is 4.74 Å². The second-order valence-electron chi connectivity index (χ2n) is 4.90. The number of halogens is 1. The van der Waals surface area contributed by atoms with E-state index >= 15 is 0 Å². The maximum Gasteiger partial charge on any atom is 0.125 e. The minimum Gasteiger partial charge on any atom is -0.489 e. The molecule has 0 saturated carbocycles. The molecule has 3 nitrogen and oxygen atoms in total. The Morgan fingerprint density at radius 1 is 1.29 bits per heavy atom. The van der Waals surface area contributed by atoms with Gasteiger partial charge in [0.15, 0.2) is 0 Å². The van der Waals surface area contributed by atoms with Crippen LogP contribution in [0.15, 0.2) is 36.4 Å². The van der Waals surface area contributed by atoms with Gasteiger partial charge in [-0.05, 0) is 55.3 Å². The quantitative estimate of drug-likeness (QED) is 0.933. The standard InChI is InChI=1S/C17H16FNO2/c1-11-7-13(9-19)3-4-14(11)10-21-17-6-5-15(18)8-16(17)12(2)20/h3-8,12,20H,10H2,1-2H3/t12-/m1/s1. The molecule has 4 heteroatoms. The molecule has 2 aromatic rings. The molecule has 0 unspecified atom stereocenters. The zero-order valence-corrected chi connectivity index (χ0v) is 11.9. The fourth-order valence-corrected chi connectivity index (χ4v) is 2.06. The SMILES string of the molecule is Cc1cc(C#N)ccc1COc1ccc(F)cc1[C@@H](C)O. The van der Waals surface area contributed by atoms with Crippen LogP contribution in [0.25, 0.3) is 0 Å². The number of nitrogens with zero attached hydrogens (tertiary/aromatic N) is 1. The topological polar surface area (TPSA) is 53.2 Å². The Morgan fingerprint density at radius 3 is 2.67 bits per heavy atom. The molecule has 0 bridgehead atoms. The third-order valence-electron chi connectivity index (χ3n) is 3.28. The van der Waals surface area contributed by atoms with Crippen molar-refractivity contribution < 1.29 is 14.2 Å². The lowest BCUT2D eigenvalue weighted by atomic mass is 10.1. The minimum atomic E-state index is -0.808. The molecule has 1 N–H and O–H groups in total. The number of hydrogen-bond acceptors (Lipinski definition) is 3. The Bertz CT molecular complexity index is 690. The van der Waals surface area contributed by atoms with Crippen molar-refractivity contribution >= 4 is 0 Å². The van der Waals surface area contributed by atoms with E-state index in [1.54, 1.807) is 19.1 Å². The molecule has 0 fully saturated rings. The Balaban J connectivity index is 2.19. The molecule has 2 aromatic carbocycles. The van der Waals surface area contributed by atoms with Gasteiger partial charge in [-0.15, -0.1) is 0 Å². The summed E-state index contributed by atoms with van der Waals surface area (Å²) < 4.78 is 18.9. The van der Waals surface area contributed by atoms with Gasteiger partial charge < -0.3 is 9.84 Å². The first-order chi connectivity index (χ1) is 10.0. The number of aliphatic hydroxyl groups is 1. The van der Waals surface area contributed by atoms with E-state index in [1.807, 2.05) is 13.0 Å². The number of rotatable bonds is 4. The Hall–Kier alpha value is -2.38. The van der Waals surface area contributed by atoms with Crippen LogP contribution in [-0.4, -0.2) is 5.11 Å². The Morgan fingerprint density at radius 2 is 2.05 bits per heavy atom. The van der Waals surface area contributed by atoms with E-state index in [9.17, 15) is 9.50 Å². The molecule has 0 aliphatic heterocycles. The van der Waals surface area contributed by atoms with Crippen LogP contribution in [0.3, 0.4) is 0 Å². The van der Waals surface area contributed by atoms with E-state index in [4.69, 9.17) is 10.00 Å². The zero-order chi connectivity index (χ0) is 15.4. The van der Waals surface area contributed by atoms with Crippen LogP contribution in [0.1, 0.15) is 35.3 Å². The third-order valence-corrected chi connectivity index (χ3v) is 3.28. The average molecular weight is 285 g/mol. The fraction of sp³-hybridized carbons (Fsp3) is 0.235. The molecule has 0 amide bonds. The van der Waals surface area contributed by atoms with Gasteiger partial charge >= 0.3 is 0 Å². The van der Waals surface area contributed by atoms with Gasteiger partial charge in [0.25, 0.3) is 0 Å². The van der Waals surface area contributed by atoms with Crippen LogP contribution in [-0.2, 0) is 6.61 Å². The molecule has 108 valence electrons. The first-order valence-corrected chi connectivity index (χ1v) is 6.61. The largest absolute Gasteiger partial charge is 0.489 e. The van der Waals surface area contributed by atoms with E-state index in [0.29, 0.717) is 23.5 Å². The van der Waals surface area contributed by atoms with E-state index in [0.717, 1.165) is 11.1 Å². The minimum absolute atomic E-state index is 0.295. The van der Waals surface area contributed by atoms with Crippen molar-refractivity contribution in [2.45, 2.75) is 26.6 Å². The number of aryl methyl sites for hydroxylation is 1. The van der Waals surface area contributed by atoms with E-state index in [1.165, 1.54) is 18.2 Å². The van der Waals surface area contributed by atoms with Gasteiger partial charge in [-0.25, -0.2) is 4.39 Å². The van der Waals surface area contributed by atoms with Crippen molar-refractivity contribution in [3.8, 4) is 11.8 Å². The molecule has 0 heterocycles. The van der Waals surface area contributed by atoms with Gasteiger partial charge in [0, 0.05) is 5.56 Å². The van der Waals surface area contributed by atoms with Crippen molar-refractivity contribution in [1.29, 1.82) is 5.26 Å². The summed E-state index contributed by atoms with van der Waals surface area (Å²) in [7, 11) is 0. The maximum atomic E-state index is 13.2. The second-order valence-corrected chi connectivity index (χ2v) is 4.90. The summed E-state index contributed by atoms with van der Waals surface area (Å²) in [5.74, 6) is 0.0444. The van der Waals surface area contributed by atoms with Crippen LogP contribution in [0.2, 0.25) is 0 Å². The third kappa shape index (κ3) is 3.59. The van der Waals surface area contributed by atoms with Crippen LogP contribution in [0.5, 0.6) is 5.75 Å². The average Bonchev–Trinajstić information content (AvgIpc) is 2.46. The first kappa shape index (κ1) is 15.0. The first-order valence-electron chi connectivity index (χ1n) is 6.61. The molecule has 0 aliphatic carbocycles. The van der Waals surface area contributed by atoms with Crippen molar-refractivity contribution in [3.05, 3.63) is 64.5 Å². The molecule has 2 rings (SSSR count). The van der Waals surface area contributed by atoms with Crippen molar-refractivity contribution in [2.75, 3.05) is 0 Å². The fourth-order valence-electron chi connectivity index (χ4n) is 2.06. The highest BCUT2D eigenvalue weighted by Crippen LogP contribution is 2.27. The van der Waals surface area contributed by atoms with E-state index in [-0.39, 0.29) is 0 Å². The summed E-state index contributed by atoms with van der Waals surface area (Å²) in [6.45, 7) is 3.76. The number of ether oxygens (including phenoxy) is 1. The second kappa shape index (κ2) is 6.38. The van der Waals surface area contributed by atoms with Gasteiger partial charge in [0.1, 0.15) is 18.2 Å². The van der Waals surface area contributed by atoms with Gasteiger partial charge in [0.2, 0.25) is 0 Å². The predicted molar refractivity (Wildman–Crippen MR) is 77.3 cm³/mol. The van der Waals surface area contributed by atoms with E-state index < -0.39 is 11.9 Å². The number of benzene rings is 2. The molecular formula is C17H16FNO2. The lowest BCUT2D eigenvalue weighted by Crippen LogP contribution is -2.03. The molecule has 0 spiro atoms. The summed E-state index contributed by atoms with van der Waals surface area (Å²) in [4.78, 5) is 0. The summed E-state index contributed by atoms with van der Waals surface area (Å²) in [5, 5.41) is 18.5. The van der Waals surface area contributed by atoms with Crippen molar-refractivity contribution in [3.63, 3.8) is 0 Å². The van der Waals surface area contributed by atoms with Crippen LogP contribution in [0.4, 0.5) is 4.39 Å². The monoisotopic (exact) mass is 285 g/mol. The number of aliphatic hydroxyl groups excluding tert-OH is 1. The lowest BCUT2D eigenvalue weighted by Gasteiger charge is -2.14. The molecule has 21 heavy (non-hydrogen) atoms. The molecule has 0 aromatic heterocycles. The van der Waals surface area contributed by atoms with Crippen LogP contribution >= 0.6 is 0 Å². The Labute approximate surface area is 123 Å². The molecule has 0 aliphatic rings. The number of hydrogen-bond donors (Lipinski definition) is 1. The lowest BCUT2D eigenvalue weighted by molar-refractivity contribution is 0.189. The van der Waals surface area contributed by atoms with Gasteiger partial charge in [-0.1, -0.05) is 6.07 Å². The highest BCUT2D eigenvalue weighted by atomic mass is 19.1. The zero-order valence-electron chi connectivity index (χ0n) is 11.9. The van der Waals surface area contributed by atoms with Crippen LogP contribution in [0, 0.1) is 24.1 Å². The predicted octanol–water partition coefficient (Wildman–Crippen LogP) is 3.64. The molecular weight excluding hydrogens is 269 g/mol. The van der Waals surface area contributed by atoms with Gasteiger partial charge in [-0.2, -0.15) is 5.26 Å². The molecule has 1 atom stereocenters. The highest BCUT2D eigenvalue weighted by molar-refractivity contribution is 5.39. The summed E-state index contributed by atoms with van der Waals surface area (Å²) in [6, 6.07) is 11.5. The van der Waals surface area contributed by atoms with Crippen molar-refractivity contribution in [1.82, 2.24) is 0 Å². The summed E-state index contributed by atoms with van der Waals surface area (Å²) >= 11 is 0. The summed E-state index contributed by atoms with van der Waals surface area (Å²) in [5.41, 5.74) is 2.91. The normalized spacial score (nSPS) is 11.8. The van der Waals surface area contributed by atoms with Gasteiger partial charge in [0.05, 0.1) is 17.7 Å². The summed E-state index contributed by atoms with van der Waals surface area (Å²) in [6.07, 6.45) is -0.808. The van der Waals surface area contributed by atoms with Gasteiger partial charge in [-0.3, -0.25) is 0 Å². The highest BCUT2D eigenvalue weighted by Gasteiger charge is 2.11. The Kier molecular flexibility index (Phi) is 4.56. The molecule has 0 radical (unpaired) electrons. The molecule has 0 saturated heterocycles. The van der Waals surface area contributed by atoms with E-state index in [2.05, 4.69) is 6.07 Å². The maximum absolute atomic E-state index is 13.2. The smallest absolute Gasteiger partial charge is 0.125 e. The van der Waals surface area contributed by atoms with Crippen molar-refractivity contribution in [2.24, 2.45) is 0 Å².